The van der Waals surface area contributed by atoms with E-state index in [0.29, 0.717) is 22.0 Å². The maximum absolute atomic E-state index is 12.3. The molecule has 0 radical (unpaired) electrons. The Morgan fingerprint density at radius 3 is 2.65 bits per heavy atom. The highest BCUT2D eigenvalue weighted by molar-refractivity contribution is 9.10. The molecule has 26 heavy (non-hydrogen) atoms. The number of thiocarbonyl (C=S) groups is 1. The Kier molecular flexibility index (Phi) is 5.74. The van der Waals surface area contributed by atoms with Crippen LogP contribution in [0, 0.1) is 5.92 Å². The average Bonchev–Trinajstić information content (AvgIpc) is 2.91. The number of benzene rings is 1. The number of carbonyl (C=O) groups is 2. The molecule has 4 N–H and O–H groups in total. The second kappa shape index (κ2) is 7.85. The van der Waals surface area contributed by atoms with Crippen molar-refractivity contribution in [2.45, 2.75) is 26.2 Å². The molecule has 1 aliphatic carbocycles. The molecule has 0 saturated carbocycles. The van der Waals surface area contributed by atoms with Crippen molar-refractivity contribution in [1.29, 1.82) is 0 Å². The van der Waals surface area contributed by atoms with Crippen LogP contribution in [0.1, 0.15) is 44.5 Å². The maximum atomic E-state index is 12.3. The second-order valence-corrected chi connectivity index (χ2v) is 8.76. The number of nitrogens with one attached hydrogen (secondary N) is 2. The summed E-state index contributed by atoms with van der Waals surface area (Å²) < 4.78 is 0.888. The van der Waals surface area contributed by atoms with Crippen molar-refractivity contribution >= 4 is 61.4 Å². The standard InChI is InChI=1S/C18H18BrN3O2S2/c1-9-2-7-12-13(8-9)26-17(14(12)15(20)23)22-18(25)21-16(24)10-3-5-11(19)6-4-10/h3-6,9H,2,7-8H2,1H3,(H2,20,23)(H2,21,22,24,25). The number of hydrogen-bond acceptors (Lipinski definition) is 4. The quantitative estimate of drug-likeness (QED) is 0.618. The zero-order valence-corrected chi connectivity index (χ0v) is 17.3. The van der Waals surface area contributed by atoms with Crippen LogP contribution in [0.15, 0.2) is 28.7 Å². The zero-order chi connectivity index (χ0) is 18.8. The third-order valence-electron chi connectivity index (χ3n) is 4.32. The molecule has 3 rings (SSSR count). The number of hydrogen-bond donors (Lipinski definition) is 3. The van der Waals surface area contributed by atoms with E-state index in [1.165, 1.54) is 16.2 Å². The van der Waals surface area contributed by atoms with Gasteiger partial charge in [0.05, 0.1) is 5.56 Å². The Bertz CT molecular complexity index is 877. The summed E-state index contributed by atoms with van der Waals surface area (Å²) in [5.41, 5.74) is 7.60. The maximum Gasteiger partial charge on any atom is 0.257 e. The van der Waals surface area contributed by atoms with Gasteiger partial charge in [0.15, 0.2) is 5.11 Å². The summed E-state index contributed by atoms with van der Waals surface area (Å²) in [6, 6.07) is 6.96. The normalized spacial score (nSPS) is 15.8. The van der Waals surface area contributed by atoms with Crippen molar-refractivity contribution in [2.24, 2.45) is 11.7 Å². The van der Waals surface area contributed by atoms with Crippen molar-refractivity contribution in [1.82, 2.24) is 5.32 Å². The lowest BCUT2D eigenvalue weighted by Crippen LogP contribution is -2.34. The van der Waals surface area contributed by atoms with Gasteiger partial charge in [0.25, 0.3) is 11.8 Å². The first-order chi connectivity index (χ1) is 12.3. The highest BCUT2D eigenvalue weighted by atomic mass is 79.9. The predicted molar refractivity (Wildman–Crippen MR) is 112 cm³/mol. The lowest BCUT2D eigenvalue weighted by atomic mass is 9.88. The highest BCUT2D eigenvalue weighted by Gasteiger charge is 2.27. The number of halogens is 1. The number of primary amides is 1. The summed E-state index contributed by atoms with van der Waals surface area (Å²) in [7, 11) is 0. The van der Waals surface area contributed by atoms with Gasteiger partial charge in [0.1, 0.15) is 5.00 Å². The third kappa shape index (κ3) is 4.13. The van der Waals surface area contributed by atoms with Gasteiger partial charge in [-0.2, -0.15) is 0 Å². The Morgan fingerprint density at radius 1 is 1.31 bits per heavy atom. The van der Waals surface area contributed by atoms with Gasteiger partial charge >= 0.3 is 0 Å². The molecule has 1 aliphatic rings. The molecular formula is C18H18BrN3O2S2. The summed E-state index contributed by atoms with van der Waals surface area (Å²) in [5, 5.41) is 6.38. The lowest BCUT2D eigenvalue weighted by molar-refractivity contribution is 0.0975. The molecule has 8 heteroatoms. The van der Waals surface area contributed by atoms with Crippen molar-refractivity contribution in [2.75, 3.05) is 5.32 Å². The van der Waals surface area contributed by atoms with Crippen molar-refractivity contribution in [3.8, 4) is 0 Å². The van der Waals surface area contributed by atoms with E-state index in [2.05, 4.69) is 33.5 Å². The molecule has 1 unspecified atom stereocenters. The molecule has 1 aromatic heterocycles. The zero-order valence-electron chi connectivity index (χ0n) is 14.1. The van der Waals surface area contributed by atoms with Crippen molar-refractivity contribution in [3.63, 3.8) is 0 Å². The lowest BCUT2D eigenvalue weighted by Gasteiger charge is -2.18. The van der Waals surface area contributed by atoms with Gasteiger partial charge in [0, 0.05) is 14.9 Å². The van der Waals surface area contributed by atoms with Gasteiger partial charge in [-0.05, 0) is 67.2 Å². The summed E-state index contributed by atoms with van der Waals surface area (Å²) in [5.74, 6) is -0.203. The van der Waals surface area contributed by atoms with E-state index < -0.39 is 5.91 Å². The van der Waals surface area contributed by atoms with Crippen LogP contribution >= 0.6 is 39.5 Å². The SMILES string of the molecule is CC1CCc2c(sc(NC(=S)NC(=O)c3ccc(Br)cc3)c2C(N)=O)C1. The minimum atomic E-state index is -0.471. The summed E-state index contributed by atoms with van der Waals surface area (Å²) in [6.45, 7) is 2.20. The van der Waals surface area contributed by atoms with Gasteiger partial charge in [-0.3, -0.25) is 14.9 Å². The number of thiophene rings is 1. The van der Waals surface area contributed by atoms with Gasteiger partial charge < -0.3 is 11.1 Å². The smallest absolute Gasteiger partial charge is 0.257 e. The van der Waals surface area contributed by atoms with Crippen LogP contribution in [0.4, 0.5) is 5.00 Å². The molecule has 5 nitrogen and oxygen atoms in total. The van der Waals surface area contributed by atoms with E-state index in [0.717, 1.165) is 29.3 Å². The molecule has 0 fully saturated rings. The van der Waals surface area contributed by atoms with Crippen LogP contribution in [0.25, 0.3) is 0 Å². The van der Waals surface area contributed by atoms with Crippen LogP contribution in [0.5, 0.6) is 0 Å². The topological polar surface area (TPSA) is 84.2 Å². The Hall–Kier alpha value is -1.77. The van der Waals surface area contributed by atoms with Crippen molar-refractivity contribution in [3.05, 3.63) is 50.3 Å². The van der Waals surface area contributed by atoms with E-state index in [1.807, 2.05) is 0 Å². The second-order valence-electron chi connectivity index (χ2n) is 6.34. The highest BCUT2D eigenvalue weighted by Crippen LogP contribution is 2.39. The van der Waals surface area contributed by atoms with Gasteiger partial charge in [-0.1, -0.05) is 22.9 Å². The summed E-state index contributed by atoms with van der Waals surface area (Å²) in [4.78, 5) is 25.4. The van der Waals surface area contributed by atoms with Gasteiger partial charge in [0.2, 0.25) is 0 Å². The molecule has 1 atom stereocenters. The number of amides is 2. The molecule has 0 saturated heterocycles. The number of anilines is 1. The molecule has 1 heterocycles. The average molecular weight is 452 g/mol. The number of rotatable bonds is 3. The largest absolute Gasteiger partial charge is 0.365 e. The number of carbonyl (C=O) groups excluding carboxylic acids is 2. The van der Waals surface area contributed by atoms with Crippen LogP contribution in [0.2, 0.25) is 0 Å². The Labute approximate surface area is 169 Å². The first kappa shape index (κ1) is 19.0. The third-order valence-corrected chi connectivity index (χ3v) is 6.22. The molecule has 1 aromatic carbocycles. The van der Waals surface area contributed by atoms with E-state index in [9.17, 15) is 9.59 Å². The number of fused-ring (bicyclic) bond motifs is 1. The van der Waals surface area contributed by atoms with Gasteiger partial charge in [-0.15, -0.1) is 11.3 Å². The molecule has 2 aromatic rings. The molecule has 136 valence electrons. The fourth-order valence-corrected chi connectivity index (χ4v) is 4.95. The molecule has 0 bridgehead atoms. The van der Waals surface area contributed by atoms with E-state index in [4.69, 9.17) is 18.0 Å². The van der Waals surface area contributed by atoms with Crippen LogP contribution in [-0.4, -0.2) is 16.9 Å². The van der Waals surface area contributed by atoms with Crippen molar-refractivity contribution < 1.29 is 9.59 Å². The molecule has 0 aliphatic heterocycles. The Balaban J connectivity index is 1.76. The van der Waals surface area contributed by atoms with E-state index in [1.54, 1.807) is 24.3 Å². The van der Waals surface area contributed by atoms with Crippen LogP contribution < -0.4 is 16.4 Å². The fourth-order valence-electron chi connectivity index (χ4n) is 3.01. The molecule has 0 spiro atoms. The van der Waals surface area contributed by atoms with Crippen LogP contribution in [0.3, 0.4) is 0 Å². The predicted octanol–water partition coefficient (Wildman–Crippen LogP) is 3.86. The molecule has 2 amide bonds. The minimum absolute atomic E-state index is 0.145. The summed E-state index contributed by atoms with van der Waals surface area (Å²) in [6.07, 6.45) is 2.80. The molecular weight excluding hydrogens is 434 g/mol. The van der Waals surface area contributed by atoms with E-state index in [-0.39, 0.29) is 11.0 Å². The van der Waals surface area contributed by atoms with Gasteiger partial charge in [-0.25, -0.2) is 0 Å². The van der Waals surface area contributed by atoms with E-state index >= 15 is 0 Å². The first-order valence-corrected chi connectivity index (χ1v) is 10.2. The minimum Gasteiger partial charge on any atom is -0.365 e. The Morgan fingerprint density at radius 2 is 2.00 bits per heavy atom. The first-order valence-electron chi connectivity index (χ1n) is 8.17. The number of nitrogens with two attached hydrogens (primary N) is 1. The monoisotopic (exact) mass is 451 g/mol. The fraction of sp³-hybridized carbons (Fsp3) is 0.278. The summed E-state index contributed by atoms with van der Waals surface area (Å²) >= 11 is 10.1. The van der Waals surface area contributed by atoms with Crippen LogP contribution in [-0.2, 0) is 12.8 Å².